The highest BCUT2D eigenvalue weighted by Gasteiger charge is 2.16. The zero-order valence-electron chi connectivity index (χ0n) is 10.2. The van der Waals surface area contributed by atoms with Crippen molar-refractivity contribution >= 4 is 32.6 Å². The molecule has 0 radical (unpaired) electrons. The summed E-state index contributed by atoms with van der Waals surface area (Å²) in [4.78, 5) is -0.358. The third-order valence-electron chi connectivity index (χ3n) is 2.52. The van der Waals surface area contributed by atoms with Crippen molar-refractivity contribution in [2.45, 2.75) is 11.5 Å². The van der Waals surface area contributed by atoms with Crippen LogP contribution in [0.25, 0.3) is 0 Å². The molecule has 2 rings (SSSR count). The van der Waals surface area contributed by atoms with Crippen molar-refractivity contribution in [3.05, 3.63) is 57.4 Å². The molecule has 2 aromatic carbocycles. The minimum Gasteiger partial charge on any atom is -0.487 e. The van der Waals surface area contributed by atoms with Gasteiger partial charge in [0.05, 0.1) is 0 Å². The highest BCUT2D eigenvalue weighted by molar-refractivity contribution is 14.1. The van der Waals surface area contributed by atoms with Crippen LogP contribution in [0.15, 0.2) is 47.4 Å². The van der Waals surface area contributed by atoms with Crippen molar-refractivity contribution in [2.24, 2.45) is 5.14 Å². The van der Waals surface area contributed by atoms with Gasteiger partial charge in [-0.05, 0) is 58.5 Å². The molecule has 20 heavy (non-hydrogen) atoms. The number of hydrogen-bond donors (Lipinski definition) is 1. The van der Waals surface area contributed by atoms with Crippen molar-refractivity contribution in [2.75, 3.05) is 0 Å². The summed E-state index contributed by atoms with van der Waals surface area (Å²) in [5.41, 5.74) is 0.870. The molecule has 0 heterocycles. The lowest BCUT2D eigenvalue weighted by atomic mass is 10.2. The van der Waals surface area contributed by atoms with Crippen LogP contribution in [0.5, 0.6) is 5.75 Å². The van der Waals surface area contributed by atoms with E-state index in [-0.39, 0.29) is 17.3 Å². The van der Waals surface area contributed by atoms with Gasteiger partial charge in [-0.1, -0.05) is 12.1 Å². The molecule has 4 nitrogen and oxygen atoms in total. The number of ether oxygens (including phenoxy) is 1. The lowest BCUT2D eigenvalue weighted by Gasteiger charge is -2.10. The third-order valence-corrected chi connectivity index (χ3v) is 4.17. The fraction of sp³-hybridized carbons (Fsp3) is 0.0769. The zero-order valence-corrected chi connectivity index (χ0v) is 13.2. The van der Waals surface area contributed by atoms with Gasteiger partial charge in [-0.25, -0.2) is 17.9 Å². The predicted octanol–water partition coefficient (Wildman–Crippen LogP) is 2.66. The molecule has 0 bridgehead atoms. The van der Waals surface area contributed by atoms with E-state index in [0.717, 1.165) is 21.3 Å². The van der Waals surface area contributed by atoms with E-state index in [1.54, 1.807) is 0 Å². The Kier molecular flexibility index (Phi) is 4.61. The van der Waals surface area contributed by atoms with E-state index in [2.05, 4.69) is 22.6 Å². The van der Waals surface area contributed by atoms with Crippen LogP contribution in [-0.4, -0.2) is 8.42 Å². The molecule has 0 aliphatic heterocycles. The van der Waals surface area contributed by atoms with Crippen LogP contribution in [0.1, 0.15) is 5.56 Å². The van der Waals surface area contributed by atoms with E-state index >= 15 is 0 Å². The Morgan fingerprint density at radius 1 is 1.15 bits per heavy atom. The summed E-state index contributed by atoms with van der Waals surface area (Å²) < 4.78 is 42.4. The Morgan fingerprint density at radius 2 is 1.80 bits per heavy atom. The molecule has 106 valence electrons. The molecule has 0 aliphatic rings. The van der Waals surface area contributed by atoms with Crippen LogP contribution >= 0.6 is 22.6 Å². The summed E-state index contributed by atoms with van der Waals surface area (Å²) in [5.74, 6) is -0.650. The largest absolute Gasteiger partial charge is 0.487 e. The molecule has 2 N–H and O–H groups in total. The van der Waals surface area contributed by atoms with Gasteiger partial charge in [0.15, 0.2) is 0 Å². The van der Waals surface area contributed by atoms with Gasteiger partial charge in [0.25, 0.3) is 0 Å². The average molecular weight is 407 g/mol. The van der Waals surface area contributed by atoms with Crippen molar-refractivity contribution in [1.82, 2.24) is 0 Å². The quantitative estimate of drug-likeness (QED) is 0.793. The predicted molar refractivity (Wildman–Crippen MR) is 81.3 cm³/mol. The number of nitrogens with two attached hydrogens (primary N) is 1. The van der Waals surface area contributed by atoms with Crippen molar-refractivity contribution in [3.63, 3.8) is 0 Å². The molecule has 0 fully saturated rings. The van der Waals surface area contributed by atoms with Crippen molar-refractivity contribution < 1.29 is 17.5 Å². The van der Waals surface area contributed by atoms with E-state index in [1.165, 1.54) is 6.07 Å². The van der Waals surface area contributed by atoms with Crippen LogP contribution in [0.2, 0.25) is 0 Å². The van der Waals surface area contributed by atoms with Crippen molar-refractivity contribution in [3.8, 4) is 5.75 Å². The molecule has 0 aromatic heterocycles. The Labute approximate surface area is 129 Å². The van der Waals surface area contributed by atoms with Crippen LogP contribution in [0.3, 0.4) is 0 Å². The fourth-order valence-corrected chi connectivity index (χ4v) is 2.61. The standard InChI is InChI=1S/C13H11FINO3S/c14-10-3-6-12(13(7-10)20(16,17)18)19-8-9-1-4-11(15)5-2-9/h1-7H,8H2,(H2,16,17,18). The molecule has 0 unspecified atom stereocenters. The van der Waals surface area contributed by atoms with Gasteiger partial charge >= 0.3 is 0 Å². The average Bonchev–Trinajstić information content (AvgIpc) is 2.38. The van der Waals surface area contributed by atoms with Crippen LogP contribution in [-0.2, 0) is 16.6 Å². The second-order valence-electron chi connectivity index (χ2n) is 4.05. The minimum atomic E-state index is -4.03. The maximum absolute atomic E-state index is 13.1. The molecule has 7 heteroatoms. The van der Waals surface area contributed by atoms with Crippen molar-refractivity contribution in [1.29, 1.82) is 0 Å². The Hall–Kier alpha value is -1.19. The lowest BCUT2D eigenvalue weighted by molar-refractivity contribution is 0.297. The SMILES string of the molecule is NS(=O)(=O)c1cc(F)ccc1OCc1ccc(I)cc1. The number of halogens is 2. The van der Waals surface area contributed by atoms with E-state index in [0.29, 0.717) is 0 Å². The fourth-order valence-electron chi connectivity index (χ4n) is 1.57. The lowest BCUT2D eigenvalue weighted by Crippen LogP contribution is -2.14. The molecule has 0 spiro atoms. The second-order valence-corrected chi connectivity index (χ2v) is 6.83. The van der Waals surface area contributed by atoms with Gasteiger partial charge in [-0.2, -0.15) is 0 Å². The van der Waals surface area contributed by atoms with Gasteiger partial charge in [0.1, 0.15) is 23.1 Å². The molecule has 0 amide bonds. The summed E-state index contributed by atoms with van der Waals surface area (Å²) in [6.45, 7) is 0.172. The number of benzene rings is 2. The number of primary sulfonamides is 1. The molecule has 2 aromatic rings. The smallest absolute Gasteiger partial charge is 0.241 e. The third kappa shape index (κ3) is 3.90. The van der Waals surface area contributed by atoms with E-state index in [4.69, 9.17) is 9.88 Å². The molecule has 0 saturated heterocycles. The van der Waals surface area contributed by atoms with Gasteiger partial charge in [-0.15, -0.1) is 0 Å². The maximum atomic E-state index is 13.1. The minimum absolute atomic E-state index is 0.0347. The summed E-state index contributed by atoms with van der Waals surface area (Å²) >= 11 is 2.18. The van der Waals surface area contributed by atoms with Gasteiger partial charge in [0, 0.05) is 3.57 Å². The van der Waals surface area contributed by atoms with Gasteiger partial charge in [0.2, 0.25) is 10.0 Å². The maximum Gasteiger partial charge on any atom is 0.241 e. The Bertz CT molecular complexity index is 717. The monoisotopic (exact) mass is 407 g/mol. The number of rotatable bonds is 4. The molecule has 0 atom stereocenters. The Morgan fingerprint density at radius 3 is 2.40 bits per heavy atom. The number of hydrogen-bond acceptors (Lipinski definition) is 3. The van der Waals surface area contributed by atoms with E-state index in [1.807, 2.05) is 24.3 Å². The van der Waals surface area contributed by atoms with Gasteiger partial charge < -0.3 is 4.74 Å². The highest BCUT2D eigenvalue weighted by Crippen LogP contribution is 2.24. The Balaban J connectivity index is 2.23. The van der Waals surface area contributed by atoms with Crippen LogP contribution in [0.4, 0.5) is 4.39 Å². The number of sulfonamides is 1. The summed E-state index contributed by atoms with van der Waals surface area (Å²) in [7, 11) is -4.03. The van der Waals surface area contributed by atoms with E-state index < -0.39 is 15.8 Å². The highest BCUT2D eigenvalue weighted by atomic mass is 127. The van der Waals surface area contributed by atoms with Crippen LogP contribution in [0, 0.1) is 9.39 Å². The second kappa shape index (κ2) is 6.06. The molecular formula is C13H11FINO3S. The first-order valence-electron chi connectivity index (χ1n) is 5.56. The summed E-state index contributed by atoms with van der Waals surface area (Å²) in [6.07, 6.45) is 0. The molecular weight excluding hydrogens is 396 g/mol. The normalized spacial score (nSPS) is 11.3. The van der Waals surface area contributed by atoms with E-state index in [9.17, 15) is 12.8 Å². The topological polar surface area (TPSA) is 69.4 Å². The first-order valence-corrected chi connectivity index (χ1v) is 8.18. The first kappa shape index (κ1) is 15.2. The van der Waals surface area contributed by atoms with Gasteiger partial charge in [-0.3, -0.25) is 0 Å². The first-order chi connectivity index (χ1) is 9.36. The van der Waals surface area contributed by atoms with Crippen LogP contribution < -0.4 is 9.88 Å². The molecule has 0 aliphatic carbocycles. The summed E-state index contributed by atoms with van der Waals surface area (Å²) in [6, 6.07) is 10.8. The molecule has 0 saturated carbocycles. The zero-order chi connectivity index (χ0) is 14.8. The summed E-state index contributed by atoms with van der Waals surface area (Å²) in [5, 5.41) is 5.04.